The molecule has 0 N–H and O–H groups in total. The van der Waals surface area contributed by atoms with Gasteiger partial charge in [-0.25, -0.2) is 4.85 Å². The first-order valence-corrected chi connectivity index (χ1v) is 30.2. The second kappa shape index (κ2) is 22.7. The van der Waals surface area contributed by atoms with Crippen LogP contribution in [-0.2, 0) is 6.18 Å². The Kier molecular flexibility index (Phi) is 13.6. The van der Waals surface area contributed by atoms with Crippen LogP contribution >= 0.6 is 0 Å². The van der Waals surface area contributed by atoms with Crippen molar-refractivity contribution in [3.63, 3.8) is 0 Å². The summed E-state index contributed by atoms with van der Waals surface area (Å²) in [5.41, 5.74) is 17.7. The molecule has 0 spiro atoms. The molecule has 0 fully saturated rings. The zero-order valence-electron chi connectivity index (χ0n) is 49.1. The van der Waals surface area contributed by atoms with Gasteiger partial charge in [0.15, 0.2) is 5.69 Å². The Bertz CT molecular complexity index is 5300. The molecule has 0 atom stereocenters. The standard InChI is InChI=1S/C82H50F3N7/c1-86-65-24-14-23-64(41-65)66-50-81(92-78-31-27-58(62-35-39-89-74(48-62)54-19-10-4-11-20-54)44-69(78)70-45-59(28-32-79(70)92)63-36-40-90-75(49-63)55-21-12-5-13-22-55)71(82(83,84)85)51-80(66)91-76-29-25-56(60-33-37-87-72(46-60)52-15-6-2-7-16-52)42-67(76)68-43-57(26-30-77(68)91)61-34-38-88-73(47-61)53-17-8-3-9-18-53/h2-51H. The van der Waals surface area contributed by atoms with Crippen molar-refractivity contribution in [3.8, 4) is 112 Å². The number of aromatic nitrogens is 6. The second-order valence-electron chi connectivity index (χ2n) is 22.8. The molecule has 0 unspecified atom stereocenters. The first-order valence-electron chi connectivity index (χ1n) is 30.2. The van der Waals surface area contributed by atoms with Crippen LogP contribution in [0.4, 0.5) is 18.9 Å². The molecule has 0 amide bonds. The van der Waals surface area contributed by atoms with E-state index in [2.05, 4.69) is 41.2 Å². The molecule has 0 bridgehead atoms. The van der Waals surface area contributed by atoms with Crippen LogP contribution in [0, 0.1) is 6.57 Å². The van der Waals surface area contributed by atoms with E-state index in [0.717, 1.165) is 111 Å². The van der Waals surface area contributed by atoms with E-state index in [1.54, 1.807) is 53.6 Å². The van der Waals surface area contributed by atoms with Gasteiger partial charge in [-0.3, -0.25) is 19.9 Å². The van der Waals surface area contributed by atoms with Gasteiger partial charge >= 0.3 is 6.18 Å². The number of nitrogens with zero attached hydrogens (tertiary/aromatic N) is 7. The van der Waals surface area contributed by atoms with Crippen LogP contribution in [0.5, 0.6) is 0 Å². The Morgan fingerprint density at radius 1 is 0.283 bits per heavy atom. The van der Waals surface area contributed by atoms with E-state index in [4.69, 9.17) is 26.5 Å². The van der Waals surface area contributed by atoms with Gasteiger partial charge in [-0.05, 0) is 165 Å². The first kappa shape index (κ1) is 55.0. The van der Waals surface area contributed by atoms with Crippen molar-refractivity contribution in [3.05, 3.63) is 321 Å². The molecular weight excluding hydrogens is 1140 g/mol. The maximum atomic E-state index is 17.0. The van der Waals surface area contributed by atoms with Gasteiger partial charge in [0.05, 0.1) is 68.4 Å². The summed E-state index contributed by atoms with van der Waals surface area (Å²) in [6.45, 7) is 8.19. The molecule has 7 nitrogen and oxygen atoms in total. The minimum atomic E-state index is -4.88. The van der Waals surface area contributed by atoms with Gasteiger partial charge in [0, 0.05) is 74.1 Å². The van der Waals surface area contributed by atoms with E-state index < -0.39 is 11.7 Å². The van der Waals surface area contributed by atoms with E-state index in [1.165, 1.54) is 6.07 Å². The predicted molar refractivity (Wildman–Crippen MR) is 366 cm³/mol. The Hall–Kier alpha value is -12.3. The normalized spacial score (nSPS) is 11.6. The van der Waals surface area contributed by atoms with Crippen LogP contribution in [0.2, 0.25) is 0 Å². The van der Waals surface area contributed by atoms with Crippen LogP contribution in [0.3, 0.4) is 0 Å². The Morgan fingerprint density at radius 3 is 0.924 bits per heavy atom. The molecule has 434 valence electrons. The lowest BCUT2D eigenvalue weighted by atomic mass is 9.98. The highest BCUT2D eigenvalue weighted by atomic mass is 19.4. The van der Waals surface area contributed by atoms with Crippen molar-refractivity contribution in [1.82, 2.24) is 29.1 Å². The van der Waals surface area contributed by atoms with Gasteiger partial charge in [-0.15, -0.1) is 0 Å². The highest BCUT2D eigenvalue weighted by Crippen LogP contribution is 2.48. The molecule has 16 rings (SSSR count). The predicted octanol–water partition coefficient (Wildman–Crippen LogP) is 22.0. The molecule has 6 aromatic heterocycles. The lowest BCUT2D eigenvalue weighted by Crippen LogP contribution is -2.13. The van der Waals surface area contributed by atoms with E-state index in [1.807, 2.05) is 217 Å². The Morgan fingerprint density at radius 2 is 0.598 bits per heavy atom. The van der Waals surface area contributed by atoms with E-state index in [0.29, 0.717) is 44.6 Å². The van der Waals surface area contributed by atoms with Crippen LogP contribution in [-0.4, -0.2) is 29.1 Å². The molecule has 0 aliphatic rings. The molecule has 92 heavy (non-hydrogen) atoms. The number of hydrogen-bond donors (Lipinski definition) is 0. The van der Waals surface area contributed by atoms with E-state index in [9.17, 15) is 0 Å². The number of hydrogen-bond acceptors (Lipinski definition) is 4. The molecule has 0 radical (unpaired) electrons. The van der Waals surface area contributed by atoms with Gasteiger partial charge in [0.2, 0.25) is 0 Å². The molecule has 0 aliphatic heterocycles. The van der Waals surface area contributed by atoms with Crippen LogP contribution in [0.1, 0.15) is 5.56 Å². The van der Waals surface area contributed by atoms with Gasteiger partial charge in [-0.1, -0.05) is 164 Å². The summed E-state index contributed by atoms with van der Waals surface area (Å²) in [6.07, 6.45) is 2.31. The Balaban J connectivity index is 0.947. The summed E-state index contributed by atoms with van der Waals surface area (Å²) < 4.78 is 54.7. The number of alkyl halides is 3. The van der Waals surface area contributed by atoms with E-state index >= 15 is 13.2 Å². The molecular formula is C82H50F3N7. The summed E-state index contributed by atoms with van der Waals surface area (Å²) in [6, 6.07) is 90.5. The van der Waals surface area contributed by atoms with Crippen molar-refractivity contribution in [2.24, 2.45) is 0 Å². The van der Waals surface area contributed by atoms with Crippen LogP contribution in [0.15, 0.2) is 304 Å². The molecule has 0 saturated carbocycles. The number of rotatable bonds is 11. The van der Waals surface area contributed by atoms with Gasteiger partial charge in [0.1, 0.15) is 0 Å². The molecule has 0 aliphatic carbocycles. The fourth-order valence-corrected chi connectivity index (χ4v) is 12.9. The first-order chi connectivity index (χ1) is 45.2. The second-order valence-corrected chi connectivity index (χ2v) is 22.8. The quantitative estimate of drug-likeness (QED) is 0.121. The molecule has 6 heterocycles. The average Bonchev–Trinajstić information content (AvgIpc) is 1.55. The average molecular weight is 1190 g/mol. The summed E-state index contributed by atoms with van der Waals surface area (Å²) >= 11 is 0. The lowest BCUT2D eigenvalue weighted by molar-refractivity contribution is -0.137. The largest absolute Gasteiger partial charge is 0.418 e. The van der Waals surface area contributed by atoms with Crippen molar-refractivity contribution in [1.29, 1.82) is 0 Å². The van der Waals surface area contributed by atoms with Gasteiger partial charge in [0.25, 0.3) is 0 Å². The topological polar surface area (TPSA) is 65.8 Å². The monoisotopic (exact) mass is 1190 g/mol. The van der Waals surface area contributed by atoms with Gasteiger partial charge in [-0.2, -0.15) is 13.2 Å². The third kappa shape index (κ3) is 10.0. The van der Waals surface area contributed by atoms with Crippen molar-refractivity contribution in [2.75, 3.05) is 0 Å². The summed E-state index contributed by atoms with van der Waals surface area (Å²) in [7, 11) is 0. The maximum Gasteiger partial charge on any atom is 0.418 e. The number of fused-ring (bicyclic) bond motifs is 6. The summed E-state index contributed by atoms with van der Waals surface area (Å²) in [5.74, 6) is 0. The SMILES string of the molecule is [C-]#[N+]c1cccc(-c2cc(-n3c4ccc(-c5ccnc(-c6ccccc6)c5)cc4c4cc(-c5ccnc(-c6ccccc6)c5)ccc43)c(C(F)(F)F)cc2-n2c3ccc(-c4ccnc(-c5ccccc5)c4)cc3c3cc(-c4ccnc(-c5ccccc5)c4)ccc32)c1. The lowest BCUT2D eigenvalue weighted by Gasteiger charge is -2.22. The number of pyridine rings is 4. The number of halogens is 3. The minimum absolute atomic E-state index is 0.0698. The molecule has 10 heteroatoms. The zero-order valence-corrected chi connectivity index (χ0v) is 49.1. The third-order valence-corrected chi connectivity index (χ3v) is 17.4. The van der Waals surface area contributed by atoms with Crippen molar-refractivity contribution < 1.29 is 13.2 Å². The highest BCUT2D eigenvalue weighted by Gasteiger charge is 2.37. The maximum absolute atomic E-state index is 17.0. The smallest absolute Gasteiger partial charge is 0.309 e. The van der Waals surface area contributed by atoms with Crippen LogP contribution in [0.25, 0.3) is 160 Å². The molecule has 10 aromatic carbocycles. The highest BCUT2D eigenvalue weighted by molar-refractivity contribution is 6.14. The summed E-state index contributed by atoms with van der Waals surface area (Å²) in [5, 5.41) is 3.18. The molecule has 16 aromatic rings. The third-order valence-electron chi connectivity index (χ3n) is 17.4. The fourth-order valence-electron chi connectivity index (χ4n) is 12.9. The Labute approximate surface area is 527 Å². The van der Waals surface area contributed by atoms with Crippen molar-refractivity contribution >= 4 is 49.3 Å². The summed E-state index contributed by atoms with van der Waals surface area (Å²) in [4.78, 5) is 22.8. The number of benzene rings is 10. The van der Waals surface area contributed by atoms with Gasteiger partial charge < -0.3 is 9.13 Å². The minimum Gasteiger partial charge on any atom is -0.309 e. The van der Waals surface area contributed by atoms with Crippen LogP contribution < -0.4 is 0 Å². The molecule has 0 saturated heterocycles. The van der Waals surface area contributed by atoms with E-state index in [-0.39, 0.29) is 5.69 Å². The zero-order chi connectivity index (χ0) is 61.9. The van der Waals surface area contributed by atoms with Crippen molar-refractivity contribution in [2.45, 2.75) is 6.18 Å². The fraction of sp³-hybridized carbons (Fsp3) is 0.0122.